The fourth-order valence-electron chi connectivity index (χ4n) is 3.73. The van der Waals surface area contributed by atoms with Gasteiger partial charge in [-0.2, -0.15) is 0 Å². The molecule has 2 atom stereocenters. The first-order valence-corrected chi connectivity index (χ1v) is 8.77. The molecule has 1 aliphatic heterocycles. The maximum atomic E-state index is 12.7. The Morgan fingerprint density at radius 1 is 1.14 bits per heavy atom. The number of rotatable bonds is 3. The number of aliphatic hydroxyl groups excluding tert-OH is 1. The third-order valence-electron chi connectivity index (χ3n) is 4.96. The molecule has 22 heavy (non-hydrogen) atoms. The summed E-state index contributed by atoms with van der Waals surface area (Å²) in [7, 11) is 0. The van der Waals surface area contributed by atoms with Crippen molar-refractivity contribution in [3.8, 4) is 0 Å². The molecule has 0 radical (unpaired) electrons. The van der Waals surface area contributed by atoms with E-state index >= 15 is 0 Å². The molecule has 2 aliphatic rings. The van der Waals surface area contributed by atoms with Gasteiger partial charge in [-0.3, -0.25) is 4.79 Å². The lowest BCUT2D eigenvalue weighted by Crippen LogP contribution is -2.39. The minimum Gasteiger partial charge on any atom is -0.388 e. The van der Waals surface area contributed by atoms with E-state index in [1.807, 2.05) is 4.90 Å². The molecular formula is C17H21Cl2NO2. The lowest BCUT2D eigenvalue weighted by Gasteiger charge is -2.31. The highest BCUT2D eigenvalue weighted by Gasteiger charge is 2.40. The van der Waals surface area contributed by atoms with Gasteiger partial charge < -0.3 is 10.0 Å². The van der Waals surface area contributed by atoms with Gasteiger partial charge in [0.1, 0.15) is 0 Å². The maximum absolute atomic E-state index is 12.7. The van der Waals surface area contributed by atoms with Crippen molar-refractivity contribution in [3.63, 3.8) is 0 Å². The Balaban J connectivity index is 1.73. The summed E-state index contributed by atoms with van der Waals surface area (Å²) in [5, 5.41) is 11.6. The van der Waals surface area contributed by atoms with E-state index in [4.69, 9.17) is 23.2 Å². The summed E-state index contributed by atoms with van der Waals surface area (Å²) >= 11 is 12.1. The summed E-state index contributed by atoms with van der Waals surface area (Å²) in [4.78, 5) is 14.7. The van der Waals surface area contributed by atoms with E-state index in [1.54, 1.807) is 18.2 Å². The number of carbonyl (C=O) groups is 1. The molecule has 2 unspecified atom stereocenters. The third kappa shape index (κ3) is 3.12. The SMILES string of the molecule is O=C1C(C(O)c2ccc(Cl)cc2Cl)CCN1C1CCCCC1. The van der Waals surface area contributed by atoms with Crippen molar-refractivity contribution in [1.82, 2.24) is 4.90 Å². The normalized spacial score (nSPS) is 24.8. The van der Waals surface area contributed by atoms with Crippen LogP contribution in [-0.4, -0.2) is 28.5 Å². The summed E-state index contributed by atoms with van der Waals surface area (Å²) in [6, 6.07) is 5.38. The highest BCUT2D eigenvalue weighted by molar-refractivity contribution is 6.35. The Hall–Kier alpha value is -0.770. The number of hydrogen-bond donors (Lipinski definition) is 1. The summed E-state index contributed by atoms with van der Waals surface area (Å²) < 4.78 is 0. The number of nitrogens with zero attached hydrogens (tertiary/aromatic N) is 1. The molecule has 0 aromatic heterocycles. The maximum Gasteiger partial charge on any atom is 0.228 e. The molecule has 1 aromatic carbocycles. The highest BCUT2D eigenvalue weighted by atomic mass is 35.5. The second-order valence-corrected chi connectivity index (χ2v) is 7.17. The number of aliphatic hydroxyl groups is 1. The van der Waals surface area contributed by atoms with Crippen LogP contribution in [0.4, 0.5) is 0 Å². The fraction of sp³-hybridized carbons (Fsp3) is 0.588. The number of benzene rings is 1. The van der Waals surface area contributed by atoms with E-state index in [1.165, 1.54) is 19.3 Å². The van der Waals surface area contributed by atoms with Crippen LogP contribution in [0.25, 0.3) is 0 Å². The van der Waals surface area contributed by atoms with Crippen LogP contribution < -0.4 is 0 Å². The number of amides is 1. The van der Waals surface area contributed by atoms with Crippen molar-refractivity contribution in [1.29, 1.82) is 0 Å². The largest absolute Gasteiger partial charge is 0.388 e. The van der Waals surface area contributed by atoms with E-state index in [9.17, 15) is 9.90 Å². The minimum atomic E-state index is -0.856. The Morgan fingerprint density at radius 3 is 2.55 bits per heavy atom. The second-order valence-electron chi connectivity index (χ2n) is 6.33. The predicted molar refractivity (Wildman–Crippen MR) is 88.1 cm³/mol. The first-order valence-electron chi connectivity index (χ1n) is 8.01. The molecule has 1 saturated carbocycles. The minimum absolute atomic E-state index is 0.0745. The zero-order valence-corrected chi connectivity index (χ0v) is 14.0. The van der Waals surface area contributed by atoms with Crippen LogP contribution in [0, 0.1) is 5.92 Å². The fourth-order valence-corrected chi connectivity index (χ4v) is 4.25. The van der Waals surface area contributed by atoms with Gasteiger partial charge in [-0.15, -0.1) is 0 Å². The van der Waals surface area contributed by atoms with Crippen LogP contribution in [0.2, 0.25) is 10.0 Å². The summed E-state index contributed by atoms with van der Waals surface area (Å²) in [6.45, 7) is 0.746. The van der Waals surface area contributed by atoms with Crippen molar-refractivity contribution in [2.75, 3.05) is 6.54 Å². The van der Waals surface area contributed by atoms with Gasteiger partial charge in [0.25, 0.3) is 0 Å². The van der Waals surface area contributed by atoms with Gasteiger partial charge in [0, 0.05) is 22.6 Å². The molecule has 2 fully saturated rings. The summed E-state index contributed by atoms with van der Waals surface area (Å²) in [5.41, 5.74) is 0.593. The molecule has 0 bridgehead atoms. The highest BCUT2D eigenvalue weighted by Crippen LogP contribution is 2.37. The standard InChI is InChI=1S/C17H21Cl2NO2/c18-11-6-7-13(15(19)10-11)16(21)14-8-9-20(17(14)22)12-4-2-1-3-5-12/h6-7,10,12,14,16,21H,1-5,8-9H2. The number of hydrogen-bond acceptors (Lipinski definition) is 2. The van der Waals surface area contributed by atoms with Gasteiger partial charge in [0.15, 0.2) is 0 Å². The van der Waals surface area contributed by atoms with Crippen LogP contribution in [0.15, 0.2) is 18.2 Å². The van der Waals surface area contributed by atoms with Gasteiger partial charge in [0.2, 0.25) is 5.91 Å². The molecule has 1 saturated heterocycles. The average Bonchev–Trinajstić information content (AvgIpc) is 2.89. The summed E-state index contributed by atoms with van der Waals surface area (Å²) in [6.07, 6.45) is 5.69. The zero-order valence-electron chi connectivity index (χ0n) is 12.5. The van der Waals surface area contributed by atoms with Crippen LogP contribution >= 0.6 is 23.2 Å². The van der Waals surface area contributed by atoms with Crippen molar-refractivity contribution in [2.24, 2.45) is 5.92 Å². The molecule has 1 N–H and O–H groups in total. The average molecular weight is 342 g/mol. The summed E-state index contributed by atoms with van der Waals surface area (Å²) in [5.74, 6) is -0.314. The van der Waals surface area contributed by atoms with Crippen molar-refractivity contribution in [3.05, 3.63) is 33.8 Å². The van der Waals surface area contributed by atoms with Gasteiger partial charge in [-0.05, 0) is 37.0 Å². The van der Waals surface area contributed by atoms with Crippen molar-refractivity contribution < 1.29 is 9.90 Å². The molecule has 3 rings (SSSR count). The van der Waals surface area contributed by atoms with E-state index in [0.29, 0.717) is 28.1 Å². The third-order valence-corrected chi connectivity index (χ3v) is 5.52. The quantitative estimate of drug-likeness (QED) is 0.894. The molecule has 1 heterocycles. The van der Waals surface area contributed by atoms with Crippen LogP contribution in [-0.2, 0) is 4.79 Å². The lowest BCUT2D eigenvalue weighted by molar-refractivity contribution is -0.136. The molecule has 1 amide bonds. The van der Waals surface area contributed by atoms with Gasteiger partial charge in [-0.25, -0.2) is 0 Å². The Labute approximate surface area is 141 Å². The van der Waals surface area contributed by atoms with E-state index in [0.717, 1.165) is 19.4 Å². The topological polar surface area (TPSA) is 40.5 Å². The lowest BCUT2D eigenvalue weighted by atomic mass is 9.93. The second kappa shape index (κ2) is 6.77. The van der Waals surface area contributed by atoms with Crippen molar-refractivity contribution >= 4 is 29.1 Å². The van der Waals surface area contributed by atoms with Crippen LogP contribution in [0.5, 0.6) is 0 Å². The Morgan fingerprint density at radius 2 is 1.86 bits per heavy atom. The van der Waals surface area contributed by atoms with E-state index < -0.39 is 6.10 Å². The molecule has 5 heteroatoms. The molecule has 120 valence electrons. The zero-order chi connectivity index (χ0) is 15.7. The number of halogens is 2. The van der Waals surface area contributed by atoms with E-state index in [-0.39, 0.29) is 11.8 Å². The van der Waals surface area contributed by atoms with Gasteiger partial charge >= 0.3 is 0 Å². The Bertz CT molecular complexity index is 558. The first kappa shape index (κ1) is 16.1. The molecular weight excluding hydrogens is 321 g/mol. The smallest absolute Gasteiger partial charge is 0.228 e. The number of carbonyl (C=O) groups excluding carboxylic acids is 1. The van der Waals surface area contributed by atoms with E-state index in [2.05, 4.69) is 0 Å². The predicted octanol–water partition coefficient (Wildman–Crippen LogP) is 4.21. The molecule has 1 aromatic rings. The monoisotopic (exact) mass is 341 g/mol. The van der Waals surface area contributed by atoms with Crippen LogP contribution in [0.3, 0.4) is 0 Å². The van der Waals surface area contributed by atoms with Crippen molar-refractivity contribution in [2.45, 2.75) is 50.7 Å². The number of likely N-dealkylation sites (tertiary alicyclic amines) is 1. The first-order chi connectivity index (χ1) is 10.6. The Kier molecular flexibility index (Phi) is 4.96. The molecule has 1 aliphatic carbocycles. The van der Waals surface area contributed by atoms with Crippen LogP contribution in [0.1, 0.15) is 50.2 Å². The van der Waals surface area contributed by atoms with Gasteiger partial charge in [0.05, 0.1) is 12.0 Å². The molecule has 3 nitrogen and oxygen atoms in total. The van der Waals surface area contributed by atoms with Gasteiger partial charge in [-0.1, -0.05) is 48.5 Å². The molecule has 0 spiro atoms.